The lowest BCUT2D eigenvalue weighted by Gasteiger charge is -2.31. The lowest BCUT2D eigenvalue weighted by molar-refractivity contribution is 0.184. The van der Waals surface area contributed by atoms with Gasteiger partial charge < -0.3 is 4.98 Å². The van der Waals surface area contributed by atoms with Gasteiger partial charge in [0.15, 0.2) is 0 Å². The molecule has 1 aliphatic carbocycles. The van der Waals surface area contributed by atoms with Gasteiger partial charge in [-0.15, -0.1) is 0 Å². The molecule has 0 aliphatic heterocycles. The van der Waals surface area contributed by atoms with Crippen LogP contribution in [0.5, 0.6) is 0 Å². The van der Waals surface area contributed by atoms with Crippen molar-refractivity contribution in [3.8, 4) is 22.6 Å². The van der Waals surface area contributed by atoms with Crippen molar-refractivity contribution < 1.29 is 0 Å². The van der Waals surface area contributed by atoms with E-state index in [2.05, 4.69) is 39.0 Å². The second kappa shape index (κ2) is 8.48. The van der Waals surface area contributed by atoms with Crippen LogP contribution in [0.3, 0.4) is 0 Å². The summed E-state index contributed by atoms with van der Waals surface area (Å²) in [6.45, 7) is 0.949. The van der Waals surface area contributed by atoms with Crippen LogP contribution in [0, 0.1) is 0 Å². The van der Waals surface area contributed by atoms with Gasteiger partial charge in [-0.1, -0.05) is 43.5 Å². The predicted octanol–water partition coefficient (Wildman–Crippen LogP) is 4.26. The van der Waals surface area contributed by atoms with Crippen molar-refractivity contribution in [3.63, 3.8) is 0 Å². The highest BCUT2D eigenvalue weighted by molar-refractivity contribution is 5.62. The van der Waals surface area contributed by atoms with Crippen LogP contribution in [0.1, 0.15) is 37.7 Å². The maximum atomic E-state index is 12.1. The first-order chi connectivity index (χ1) is 13.7. The molecule has 2 heterocycles. The summed E-state index contributed by atoms with van der Waals surface area (Å²) in [5, 5.41) is 0. The van der Waals surface area contributed by atoms with E-state index in [0.29, 0.717) is 17.6 Å². The molecular formula is C23H26N4O. The van der Waals surface area contributed by atoms with E-state index in [1.165, 1.54) is 43.7 Å². The van der Waals surface area contributed by atoms with Gasteiger partial charge >= 0.3 is 0 Å². The summed E-state index contributed by atoms with van der Waals surface area (Å²) in [7, 11) is 2.22. The van der Waals surface area contributed by atoms with Gasteiger partial charge in [-0.05, 0) is 37.6 Å². The van der Waals surface area contributed by atoms with Crippen LogP contribution >= 0.6 is 0 Å². The molecule has 4 rings (SSSR count). The Balaban J connectivity index is 1.52. The molecule has 0 spiro atoms. The molecule has 0 unspecified atom stereocenters. The third kappa shape index (κ3) is 4.37. The molecule has 0 atom stereocenters. The average molecular weight is 374 g/mol. The maximum Gasteiger partial charge on any atom is 0.251 e. The van der Waals surface area contributed by atoms with Crippen LogP contribution in [0.25, 0.3) is 22.6 Å². The lowest BCUT2D eigenvalue weighted by Crippen LogP contribution is -2.32. The molecule has 1 N–H and O–H groups in total. The zero-order valence-corrected chi connectivity index (χ0v) is 16.3. The fourth-order valence-electron chi connectivity index (χ4n) is 3.96. The molecule has 5 nitrogen and oxygen atoms in total. The minimum absolute atomic E-state index is 0.162. The summed E-state index contributed by atoms with van der Waals surface area (Å²) in [5.41, 5.74) is 3.49. The fraction of sp³-hybridized carbons (Fsp3) is 0.348. The summed E-state index contributed by atoms with van der Waals surface area (Å²) in [5.74, 6) is 0.582. The van der Waals surface area contributed by atoms with Gasteiger partial charge in [-0.3, -0.25) is 14.7 Å². The van der Waals surface area contributed by atoms with Crippen LogP contribution in [0.2, 0.25) is 0 Å². The number of hydrogen-bond donors (Lipinski definition) is 1. The Morgan fingerprint density at radius 2 is 1.86 bits per heavy atom. The van der Waals surface area contributed by atoms with Gasteiger partial charge in [-0.2, -0.15) is 0 Å². The van der Waals surface area contributed by atoms with E-state index < -0.39 is 0 Å². The number of H-pyrrole nitrogens is 1. The largest absolute Gasteiger partial charge is 0.306 e. The van der Waals surface area contributed by atoms with Crippen molar-refractivity contribution in [1.29, 1.82) is 0 Å². The third-order valence-corrected chi connectivity index (χ3v) is 5.56. The van der Waals surface area contributed by atoms with Crippen molar-refractivity contribution in [3.05, 3.63) is 70.8 Å². The highest BCUT2D eigenvalue weighted by atomic mass is 16.1. The van der Waals surface area contributed by atoms with Gasteiger partial charge in [-0.25, -0.2) is 4.98 Å². The van der Waals surface area contributed by atoms with Gasteiger partial charge in [0.05, 0.1) is 5.69 Å². The van der Waals surface area contributed by atoms with Crippen molar-refractivity contribution >= 4 is 0 Å². The normalized spacial score (nSPS) is 15.1. The molecule has 0 amide bonds. The summed E-state index contributed by atoms with van der Waals surface area (Å²) >= 11 is 0. The molecule has 1 fully saturated rings. The van der Waals surface area contributed by atoms with Crippen LogP contribution in [0.15, 0.2) is 59.7 Å². The van der Waals surface area contributed by atoms with E-state index in [-0.39, 0.29) is 5.56 Å². The fourth-order valence-corrected chi connectivity index (χ4v) is 3.96. The third-order valence-electron chi connectivity index (χ3n) is 5.56. The second-order valence-corrected chi connectivity index (χ2v) is 7.62. The van der Waals surface area contributed by atoms with Gasteiger partial charge in [0.1, 0.15) is 5.82 Å². The number of nitrogens with one attached hydrogen (secondary N) is 1. The minimum atomic E-state index is -0.162. The molecule has 5 heteroatoms. The first-order valence-electron chi connectivity index (χ1n) is 10.0. The molecule has 1 saturated carbocycles. The summed E-state index contributed by atoms with van der Waals surface area (Å²) in [6.07, 6.45) is 10.1. The van der Waals surface area contributed by atoms with Crippen LogP contribution in [0.4, 0.5) is 0 Å². The van der Waals surface area contributed by atoms with Crippen molar-refractivity contribution in [2.75, 3.05) is 7.05 Å². The Kier molecular flexibility index (Phi) is 5.63. The van der Waals surface area contributed by atoms with Crippen LogP contribution in [-0.2, 0) is 6.54 Å². The Morgan fingerprint density at radius 1 is 1.07 bits per heavy atom. The van der Waals surface area contributed by atoms with E-state index >= 15 is 0 Å². The van der Waals surface area contributed by atoms with E-state index in [4.69, 9.17) is 0 Å². The Labute approximate surface area is 165 Å². The number of hydrogen-bond acceptors (Lipinski definition) is 4. The topological polar surface area (TPSA) is 61.9 Å². The molecule has 3 aromatic rings. The molecule has 144 valence electrons. The van der Waals surface area contributed by atoms with E-state index in [1.807, 2.05) is 24.3 Å². The first kappa shape index (κ1) is 18.6. The molecule has 1 aromatic carbocycles. The standard InChI is InChI=1S/C23H26N4O/c1-27(20-7-3-2-4-8-20)16-17-9-11-18(12-10-17)23-25-21(14-22(28)26-23)19-6-5-13-24-15-19/h5-6,9-15,20H,2-4,7-8,16H2,1H3,(H,25,26,28). The first-order valence-corrected chi connectivity index (χ1v) is 10.0. The second-order valence-electron chi connectivity index (χ2n) is 7.62. The highest BCUT2D eigenvalue weighted by Gasteiger charge is 2.18. The molecule has 1 aliphatic rings. The SMILES string of the molecule is CN(Cc1ccc(-c2nc(-c3cccnc3)cc(=O)[nH]2)cc1)C1CCCCC1. The Bertz CT molecular complexity index is 960. The van der Waals surface area contributed by atoms with Crippen molar-refractivity contribution in [2.24, 2.45) is 0 Å². The molecule has 0 saturated heterocycles. The summed E-state index contributed by atoms with van der Waals surface area (Å²) in [4.78, 5) is 26.2. The molecular weight excluding hydrogens is 348 g/mol. The molecule has 2 aromatic heterocycles. The van der Waals surface area contributed by atoms with E-state index in [1.54, 1.807) is 12.4 Å². The lowest BCUT2D eigenvalue weighted by atomic mass is 9.94. The zero-order chi connectivity index (χ0) is 19.3. The molecule has 0 radical (unpaired) electrons. The minimum Gasteiger partial charge on any atom is -0.306 e. The number of nitrogens with zero attached hydrogens (tertiary/aromatic N) is 3. The van der Waals surface area contributed by atoms with Crippen molar-refractivity contribution in [1.82, 2.24) is 19.9 Å². The van der Waals surface area contributed by atoms with Gasteiger partial charge in [0.25, 0.3) is 5.56 Å². The smallest absolute Gasteiger partial charge is 0.251 e. The Morgan fingerprint density at radius 3 is 2.57 bits per heavy atom. The van der Waals surface area contributed by atoms with E-state index in [0.717, 1.165) is 17.7 Å². The monoisotopic (exact) mass is 374 g/mol. The summed E-state index contributed by atoms with van der Waals surface area (Å²) < 4.78 is 0. The zero-order valence-electron chi connectivity index (χ0n) is 16.3. The number of pyridine rings is 1. The highest BCUT2D eigenvalue weighted by Crippen LogP contribution is 2.24. The quantitative estimate of drug-likeness (QED) is 0.725. The average Bonchev–Trinajstić information content (AvgIpc) is 2.75. The number of aromatic amines is 1. The maximum absolute atomic E-state index is 12.1. The molecule has 28 heavy (non-hydrogen) atoms. The Hall–Kier alpha value is -2.79. The van der Waals surface area contributed by atoms with Crippen LogP contribution in [-0.4, -0.2) is 32.9 Å². The number of rotatable bonds is 5. The molecule has 0 bridgehead atoms. The number of benzene rings is 1. The number of aromatic nitrogens is 3. The van der Waals surface area contributed by atoms with Crippen LogP contribution < -0.4 is 5.56 Å². The van der Waals surface area contributed by atoms with Gasteiger partial charge in [0.2, 0.25) is 0 Å². The summed E-state index contributed by atoms with van der Waals surface area (Å²) in [6, 6.07) is 14.3. The van der Waals surface area contributed by atoms with E-state index in [9.17, 15) is 4.79 Å². The van der Waals surface area contributed by atoms with Crippen molar-refractivity contribution in [2.45, 2.75) is 44.7 Å². The van der Waals surface area contributed by atoms with Gasteiger partial charge in [0, 0.05) is 42.2 Å². The predicted molar refractivity (Wildman–Crippen MR) is 112 cm³/mol.